The first-order valence-electron chi connectivity index (χ1n) is 9.31. The van der Waals surface area contributed by atoms with Crippen LogP contribution in [-0.2, 0) is 16.6 Å². The predicted octanol–water partition coefficient (Wildman–Crippen LogP) is 1.98. The Morgan fingerprint density at radius 3 is 2.65 bits per heavy atom. The van der Waals surface area contributed by atoms with E-state index in [2.05, 4.69) is 20.2 Å². The molecule has 0 aliphatic rings. The Morgan fingerprint density at radius 2 is 1.94 bits per heavy atom. The molecule has 3 rings (SSSR count). The van der Waals surface area contributed by atoms with Crippen LogP contribution in [-0.4, -0.2) is 45.2 Å². The number of aromatic nitrogens is 2. The summed E-state index contributed by atoms with van der Waals surface area (Å²) in [6, 6.07) is 11.1. The molecule has 1 amide bonds. The van der Waals surface area contributed by atoms with Gasteiger partial charge in [-0.25, -0.2) is 13.1 Å². The second kappa shape index (κ2) is 9.58. The number of ether oxygens (including phenoxy) is 2. The number of hydrogen-bond donors (Lipinski definition) is 2. The third kappa shape index (κ3) is 5.19. The molecule has 1 heterocycles. The summed E-state index contributed by atoms with van der Waals surface area (Å²) in [5, 5.41) is 6.49. The van der Waals surface area contributed by atoms with Gasteiger partial charge in [-0.3, -0.25) is 4.79 Å². The van der Waals surface area contributed by atoms with E-state index in [0.717, 1.165) is 0 Å². The Kier molecular flexibility index (Phi) is 6.88. The lowest BCUT2D eigenvalue weighted by molar-refractivity contribution is 0.0952. The molecule has 0 fully saturated rings. The molecular weight excluding hydrogens is 424 g/mol. The normalized spacial score (nSPS) is 11.2. The summed E-state index contributed by atoms with van der Waals surface area (Å²) in [5.74, 6) is 0.850. The summed E-state index contributed by atoms with van der Waals surface area (Å²) in [7, 11) is -1.00. The molecule has 0 aliphatic carbocycles. The Bertz CT molecular complexity index is 1180. The number of nitrogens with one attached hydrogen (secondary N) is 2. The van der Waals surface area contributed by atoms with E-state index in [-0.39, 0.29) is 28.6 Å². The van der Waals surface area contributed by atoms with Crippen LogP contribution in [0.15, 0.2) is 51.9 Å². The van der Waals surface area contributed by atoms with E-state index in [1.165, 1.54) is 25.3 Å². The molecule has 31 heavy (non-hydrogen) atoms. The van der Waals surface area contributed by atoms with Crippen LogP contribution in [0.25, 0.3) is 11.4 Å². The van der Waals surface area contributed by atoms with E-state index in [4.69, 9.17) is 14.0 Å². The number of sulfonamides is 1. The van der Waals surface area contributed by atoms with Crippen molar-refractivity contribution >= 4 is 15.9 Å². The second-order valence-electron chi connectivity index (χ2n) is 6.29. The lowest BCUT2D eigenvalue weighted by Gasteiger charge is -2.11. The molecule has 10 nitrogen and oxygen atoms in total. The van der Waals surface area contributed by atoms with Crippen LogP contribution in [0.1, 0.15) is 23.2 Å². The molecule has 0 saturated heterocycles. The van der Waals surface area contributed by atoms with Crippen molar-refractivity contribution in [1.29, 1.82) is 0 Å². The molecule has 1 aromatic heterocycles. The molecule has 0 aliphatic heterocycles. The molecule has 0 bridgehead atoms. The van der Waals surface area contributed by atoms with Gasteiger partial charge in [0, 0.05) is 12.1 Å². The van der Waals surface area contributed by atoms with Gasteiger partial charge in [-0.2, -0.15) is 4.98 Å². The fraction of sp³-hybridized carbons (Fsp3) is 0.250. The third-order valence-corrected chi connectivity index (χ3v) is 5.67. The molecule has 2 aromatic carbocycles. The van der Waals surface area contributed by atoms with Gasteiger partial charge in [0.15, 0.2) is 0 Å². The van der Waals surface area contributed by atoms with Gasteiger partial charge in [0.05, 0.1) is 31.2 Å². The van der Waals surface area contributed by atoms with E-state index in [0.29, 0.717) is 23.7 Å². The first-order chi connectivity index (χ1) is 14.9. The molecular formula is C20H22N4O6S. The molecule has 3 aromatic rings. The van der Waals surface area contributed by atoms with Crippen molar-refractivity contribution < 1.29 is 27.2 Å². The zero-order valence-electron chi connectivity index (χ0n) is 17.2. The van der Waals surface area contributed by atoms with E-state index < -0.39 is 15.9 Å². The predicted molar refractivity (Wildman–Crippen MR) is 111 cm³/mol. The van der Waals surface area contributed by atoms with Crippen molar-refractivity contribution in [3.8, 4) is 22.9 Å². The van der Waals surface area contributed by atoms with Crippen molar-refractivity contribution in [3.05, 3.63) is 53.9 Å². The average molecular weight is 446 g/mol. The van der Waals surface area contributed by atoms with Crippen LogP contribution in [0.5, 0.6) is 11.5 Å². The second-order valence-corrected chi connectivity index (χ2v) is 8.06. The lowest BCUT2D eigenvalue weighted by Crippen LogP contribution is -2.26. The maximum atomic E-state index is 12.7. The van der Waals surface area contributed by atoms with Gasteiger partial charge in [-0.05, 0) is 37.3 Å². The Hall–Kier alpha value is -3.44. The largest absolute Gasteiger partial charge is 0.497 e. The number of carbonyl (C=O) groups is 1. The van der Waals surface area contributed by atoms with Gasteiger partial charge in [-0.15, -0.1) is 0 Å². The highest BCUT2D eigenvalue weighted by Gasteiger charge is 2.21. The Morgan fingerprint density at radius 1 is 1.13 bits per heavy atom. The number of rotatable bonds is 9. The van der Waals surface area contributed by atoms with Gasteiger partial charge in [0.2, 0.25) is 21.7 Å². The van der Waals surface area contributed by atoms with Gasteiger partial charge < -0.3 is 19.3 Å². The number of hydrogen-bond acceptors (Lipinski definition) is 8. The van der Waals surface area contributed by atoms with E-state index >= 15 is 0 Å². The molecule has 11 heteroatoms. The third-order valence-electron chi connectivity index (χ3n) is 4.27. The van der Waals surface area contributed by atoms with E-state index in [1.54, 1.807) is 38.3 Å². The van der Waals surface area contributed by atoms with Crippen molar-refractivity contribution in [2.24, 2.45) is 0 Å². The van der Waals surface area contributed by atoms with Crippen LogP contribution in [0.3, 0.4) is 0 Å². The number of methoxy groups -OCH3 is 2. The summed E-state index contributed by atoms with van der Waals surface area (Å²) >= 11 is 0. The molecule has 0 spiro atoms. The highest BCUT2D eigenvalue weighted by Crippen LogP contribution is 2.23. The minimum atomic E-state index is -3.95. The Labute approximate surface area is 179 Å². The number of carbonyl (C=O) groups excluding carboxylic acids is 1. The highest BCUT2D eigenvalue weighted by molar-refractivity contribution is 7.89. The van der Waals surface area contributed by atoms with Gasteiger partial charge in [0.1, 0.15) is 11.5 Å². The molecule has 0 saturated carbocycles. The molecule has 164 valence electrons. The number of amides is 1. The fourth-order valence-corrected chi connectivity index (χ4v) is 3.73. The van der Waals surface area contributed by atoms with Crippen LogP contribution in [0.4, 0.5) is 0 Å². The SMILES string of the molecule is CCNC(=O)c1cc(S(=O)(=O)NCc2nc(-c3cccc(OC)c3)no2)ccc1OC. The quantitative estimate of drug-likeness (QED) is 0.510. The molecule has 2 N–H and O–H groups in total. The van der Waals surface area contributed by atoms with Gasteiger partial charge >= 0.3 is 0 Å². The number of nitrogens with zero attached hydrogens (tertiary/aromatic N) is 2. The molecule has 0 atom stereocenters. The fourth-order valence-electron chi connectivity index (χ4n) is 2.73. The van der Waals surface area contributed by atoms with Crippen molar-refractivity contribution in [3.63, 3.8) is 0 Å². The molecule has 0 radical (unpaired) electrons. The minimum absolute atomic E-state index is 0.0823. The van der Waals surface area contributed by atoms with Crippen LogP contribution in [0.2, 0.25) is 0 Å². The van der Waals surface area contributed by atoms with Crippen molar-refractivity contribution in [2.75, 3.05) is 20.8 Å². The van der Waals surface area contributed by atoms with Crippen LogP contribution < -0.4 is 19.5 Å². The van der Waals surface area contributed by atoms with Crippen LogP contribution >= 0.6 is 0 Å². The van der Waals surface area contributed by atoms with Gasteiger partial charge in [0.25, 0.3) is 5.91 Å². The van der Waals surface area contributed by atoms with Gasteiger partial charge in [-0.1, -0.05) is 17.3 Å². The summed E-state index contributed by atoms with van der Waals surface area (Å²) in [4.78, 5) is 16.3. The highest BCUT2D eigenvalue weighted by atomic mass is 32.2. The topological polar surface area (TPSA) is 133 Å². The van der Waals surface area contributed by atoms with E-state index in [9.17, 15) is 13.2 Å². The summed E-state index contributed by atoms with van der Waals surface area (Å²) in [6.45, 7) is 1.93. The van der Waals surface area contributed by atoms with Crippen molar-refractivity contribution in [2.45, 2.75) is 18.4 Å². The van der Waals surface area contributed by atoms with E-state index in [1.807, 2.05) is 0 Å². The Balaban J connectivity index is 1.77. The summed E-state index contributed by atoms with van der Waals surface area (Å²) in [6.07, 6.45) is 0. The first kappa shape index (κ1) is 22.2. The minimum Gasteiger partial charge on any atom is -0.497 e. The smallest absolute Gasteiger partial charge is 0.255 e. The lowest BCUT2D eigenvalue weighted by atomic mass is 10.2. The standard InChI is InChI=1S/C20H22N4O6S/c1-4-21-20(25)16-11-15(8-9-17(16)29-3)31(26,27)22-12-18-23-19(24-30-18)13-6-5-7-14(10-13)28-2/h5-11,22H,4,12H2,1-3H3,(H,21,25). The van der Waals surface area contributed by atoms with Crippen LogP contribution in [0, 0.1) is 0 Å². The number of benzene rings is 2. The first-order valence-corrected chi connectivity index (χ1v) is 10.8. The zero-order valence-corrected chi connectivity index (χ0v) is 18.0. The average Bonchev–Trinajstić information content (AvgIpc) is 3.27. The molecule has 0 unspecified atom stereocenters. The zero-order chi connectivity index (χ0) is 22.4. The van der Waals surface area contributed by atoms with Crippen molar-refractivity contribution in [1.82, 2.24) is 20.2 Å². The summed E-state index contributed by atoms with van der Waals surface area (Å²) < 4.78 is 43.3. The monoisotopic (exact) mass is 446 g/mol. The maximum Gasteiger partial charge on any atom is 0.255 e. The maximum absolute atomic E-state index is 12.7. The summed E-state index contributed by atoms with van der Waals surface area (Å²) in [5.41, 5.74) is 0.782.